The van der Waals surface area contributed by atoms with Crippen molar-refractivity contribution < 1.29 is 14.7 Å². The predicted octanol–water partition coefficient (Wildman–Crippen LogP) is 2.62. The second-order valence-corrected chi connectivity index (χ2v) is 4.74. The summed E-state index contributed by atoms with van der Waals surface area (Å²) in [5, 5.41) is 9.59. The monoisotopic (exact) mass is 262 g/mol. The Hall–Kier alpha value is -1.73. The number of thioether (sulfide) groups is 1. The molecule has 1 rings (SSSR count). The number of hydrogen-bond acceptors (Lipinski definition) is 4. The molecule has 0 bridgehead atoms. The molecule has 18 heavy (non-hydrogen) atoms. The third kappa shape index (κ3) is 4.27. The van der Waals surface area contributed by atoms with E-state index in [0.29, 0.717) is 23.3 Å². The van der Waals surface area contributed by atoms with Crippen LogP contribution in [0.1, 0.15) is 36.2 Å². The molecular formula is C14H14O3S. The first kappa shape index (κ1) is 14.3. The summed E-state index contributed by atoms with van der Waals surface area (Å²) in [5.41, 5.74) is 0.956. The highest BCUT2D eigenvalue weighted by Gasteiger charge is 2.08. The molecule has 0 aromatic heterocycles. The highest BCUT2D eigenvalue weighted by atomic mass is 32.2. The number of benzene rings is 1. The third-order valence-electron chi connectivity index (χ3n) is 2.20. The smallest absolute Gasteiger partial charge is 0.186 e. The fraction of sp³-hybridized carbons (Fsp3) is 0.286. The molecule has 3 nitrogen and oxygen atoms in total. The summed E-state index contributed by atoms with van der Waals surface area (Å²) in [6.45, 7) is 3.23. The van der Waals surface area contributed by atoms with Gasteiger partial charge in [0.1, 0.15) is 5.75 Å². The van der Waals surface area contributed by atoms with Gasteiger partial charge in [-0.1, -0.05) is 30.5 Å². The van der Waals surface area contributed by atoms with E-state index in [9.17, 15) is 14.7 Å². The third-order valence-corrected chi connectivity index (χ3v) is 2.89. The maximum absolute atomic E-state index is 11.5. The number of ketones is 1. The molecule has 0 spiro atoms. The first-order valence-electron chi connectivity index (χ1n) is 5.53. The second kappa shape index (κ2) is 6.87. The molecule has 1 aromatic carbocycles. The lowest BCUT2D eigenvalue weighted by atomic mass is 10.0. The molecule has 4 heteroatoms. The molecule has 0 saturated heterocycles. The molecule has 0 atom stereocenters. The van der Waals surface area contributed by atoms with Gasteiger partial charge < -0.3 is 5.11 Å². The quantitative estimate of drug-likeness (QED) is 0.672. The van der Waals surface area contributed by atoms with E-state index in [2.05, 4.69) is 11.8 Å². The van der Waals surface area contributed by atoms with E-state index < -0.39 is 0 Å². The molecule has 0 unspecified atom stereocenters. The van der Waals surface area contributed by atoms with Crippen LogP contribution in [0.15, 0.2) is 18.2 Å². The van der Waals surface area contributed by atoms with Gasteiger partial charge in [0.2, 0.25) is 0 Å². The fourth-order valence-corrected chi connectivity index (χ4v) is 1.65. The SMILES string of the molecule is CCC(=O)c1cc(C#CCSC(C)=O)ccc1O. The Bertz CT molecular complexity index is 524. The molecule has 0 amide bonds. The van der Waals surface area contributed by atoms with Crippen LogP contribution < -0.4 is 0 Å². The molecular weight excluding hydrogens is 248 g/mol. The number of carbonyl (C=O) groups is 2. The Kier molecular flexibility index (Phi) is 5.47. The molecule has 1 aromatic rings. The molecule has 1 N–H and O–H groups in total. The van der Waals surface area contributed by atoms with Crippen molar-refractivity contribution in [2.24, 2.45) is 0 Å². The molecule has 0 aliphatic heterocycles. The van der Waals surface area contributed by atoms with E-state index in [4.69, 9.17) is 0 Å². The van der Waals surface area contributed by atoms with Crippen molar-refractivity contribution in [3.8, 4) is 17.6 Å². The van der Waals surface area contributed by atoms with Gasteiger partial charge in [0.05, 0.1) is 11.3 Å². The lowest BCUT2D eigenvalue weighted by Crippen LogP contribution is -1.97. The minimum atomic E-state index is -0.116. The predicted molar refractivity (Wildman–Crippen MR) is 72.7 cm³/mol. The molecule has 0 saturated carbocycles. The Morgan fingerprint density at radius 2 is 2.11 bits per heavy atom. The number of hydrogen-bond donors (Lipinski definition) is 1. The van der Waals surface area contributed by atoms with Gasteiger partial charge in [-0.05, 0) is 18.2 Å². The zero-order valence-corrected chi connectivity index (χ0v) is 11.1. The minimum Gasteiger partial charge on any atom is -0.507 e. The second-order valence-electron chi connectivity index (χ2n) is 3.59. The number of phenolic OH excluding ortho intramolecular Hbond substituents is 1. The Labute approximate surface area is 111 Å². The van der Waals surface area contributed by atoms with Crippen molar-refractivity contribution >= 4 is 22.7 Å². The maximum Gasteiger partial charge on any atom is 0.186 e. The van der Waals surface area contributed by atoms with E-state index >= 15 is 0 Å². The van der Waals surface area contributed by atoms with E-state index in [-0.39, 0.29) is 16.6 Å². The van der Waals surface area contributed by atoms with Crippen LogP contribution in [-0.2, 0) is 4.79 Å². The number of rotatable bonds is 3. The average molecular weight is 262 g/mol. The normalized spacial score (nSPS) is 9.44. The van der Waals surface area contributed by atoms with Crippen LogP contribution in [0.3, 0.4) is 0 Å². The summed E-state index contributed by atoms with van der Waals surface area (Å²) in [6, 6.07) is 4.69. The van der Waals surface area contributed by atoms with Gasteiger partial charge in [-0.25, -0.2) is 0 Å². The van der Waals surface area contributed by atoms with E-state index in [1.807, 2.05) is 0 Å². The van der Waals surface area contributed by atoms with Crippen LogP contribution >= 0.6 is 11.8 Å². The number of Topliss-reactive ketones (excluding diaryl/α,β-unsaturated/α-hetero) is 1. The summed E-state index contributed by atoms with van der Waals surface area (Å²) in [5.74, 6) is 5.98. The first-order valence-corrected chi connectivity index (χ1v) is 6.51. The maximum atomic E-state index is 11.5. The van der Waals surface area contributed by atoms with Crippen LogP contribution in [-0.4, -0.2) is 21.8 Å². The van der Waals surface area contributed by atoms with Crippen molar-refractivity contribution in [3.63, 3.8) is 0 Å². The first-order chi connectivity index (χ1) is 8.54. The zero-order chi connectivity index (χ0) is 13.5. The fourth-order valence-electron chi connectivity index (χ4n) is 1.30. The minimum absolute atomic E-state index is 0.0227. The van der Waals surface area contributed by atoms with Crippen LogP contribution in [0.4, 0.5) is 0 Å². The number of carbonyl (C=O) groups excluding carboxylic acids is 2. The summed E-state index contributed by atoms with van der Waals surface area (Å²) >= 11 is 1.14. The van der Waals surface area contributed by atoms with Gasteiger partial charge in [-0.15, -0.1) is 0 Å². The number of phenols is 1. The topological polar surface area (TPSA) is 54.4 Å². The lowest BCUT2D eigenvalue weighted by molar-refractivity contribution is -0.109. The van der Waals surface area contributed by atoms with Crippen LogP contribution in [0.25, 0.3) is 0 Å². The standard InChI is InChI=1S/C14H14O3S/c1-3-13(16)12-9-11(6-7-14(12)17)5-4-8-18-10(2)15/h6-7,9,17H,3,8H2,1-2H3. The van der Waals surface area contributed by atoms with E-state index in [1.165, 1.54) is 13.0 Å². The van der Waals surface area contributed by atoms with Crippen molar-refractivity contribution in [2.45, 2.75) is 20.3 Å². The van der Waals surface area contributed by atoms with Gasteiger partial charge in [0.15, 0.2) is 10.9 Å². The molecule has 0 aliphatic rings. The molecule has 94 valence electrons. The van der Waals surface area contributed by atoms with Crippen LogP contribution in [0.2, 0.25) is 0 Å². The lowest BCUT2D eigenvalue weighted by Gasteiger charge is -2.02. The van der Waals surface area contributed by atoms with Gasteiger partial charge >= 0.3 is 0 Å². The Morgan fingerprint density at radius 1 is 1.39 bits per heavy atom. The number of aromatic hydroxyl groups is 1. The van der Waals surface area contributed by atoms with Gasteiger partial charge in [0.25, 0.3) is 0 Å². The van der Waals surface area contributed by atoms with Crippen molar-refractivity contribution in [3.05, 3.63) is 29.3 Å². The van der Waals surface area contributed by atoms with E-state index in [0.717, 1.165) is 11.8 Å². The highest BCUT2D eigenvalue weighted by Crippen LogP contribution is 2.19. The summed E-state index contributed by atoms with van der Waals surface area (Å²) in [6.07, 6.45) is 0.338. The largest absolute Gasteiger partial charge is 0.507 e. The van der Waals surface area contributed by atoms with Gasteiger partial charge in [0, 0.05) is 18.9 Å². The van der Waals surface area contributed by atoms with Gasteiger partial charge in [-0.3, -0.25) is 9.59 Å². The molecule has 0 heterocycles. The molecule has 0 aliphatic carbocycles. The molecule has 0 radical (unpaired) electrons. The van der Waals surface area contributed by atoms with Crippen molar-refractivity contribution in [1.29, 1.82) is 0 Å². The van der Waals surface area contributed by atoms with Crippen LogP contribution in [0, 0.1) is 11.8 Å². The summed E-state index contributed by atoms with van der Waals surface area (Å²) < 4.78 is 0. The van der Waals surface area contributed by atoms with Gasteiger partial charge in [-0.2, -0.15) is 0 Å². The zero-order valence-electron chi connectivity index (χ0n) is 10.3. The molecule has 0 fully saturated rings. The van der Waals surface area contributed by atoms with Crippen LogP contribution in [0.5, 0.6) is 5.75 Å². The Balaban J connectivity index is 2.85. The highest BCUT2D eigenvalue weighted by molar-refractivity contribution is 8.13. The summed E-state index contributed by atoms with van der Waals surface area (Å²) in [4.78, 5) is 22.2. The Morgan fingerprint density at radius 3 is 2.72 bits per heavy atom. The van der Waals surface area contributed by atoms with E-state index in [1.54, 1.807) is 19.1 Å². The summed E-state index contributed by atoms with van der Waals surface area (Å²) in [7, 11) is 0. The van der Waals surface area contributed by atoms with Crippen molar-refractivity contribution in [1.82, 2.24) is 0 Å². The van der Waals surface area contributed by atoms with Crippen molar-refractivity contribution in [2.75, 3.05) is 5.75 Å². The average Bonchev–Trinajstić information content (AvgIpc) is 2.35.